The van der Waals surface area contributed by atoms with E-state index in [0.29, 0.717) is 5.38 Å². The Bertz CT molecular complexity index is 299. The van der Waals surface area contributed by atoms with Crippen LogP contribution in [-0.4, -0.2) is 24.9 Å². The molecule has 2 nitrogen and oxygen atoms in total. The molecule has 3 rings (SSSR count). The normalized spacial score (nSPS) is 41.9. The Morgan fingerprint density at radius 3 is 2.88 bits per heavy atom. The van der Waals surface area contributed by atoms with Gasteiger partial charge in [-0.25, -0.2) is 0 Å². The molecule has 0 radical (unpaired) electrons. The maximum atomic E-state index is 6.55. The van der Waals surface area contributed by atoms with Gasteiger partial charge in [0.2, 0.25) is 0 Å². The summed E-state index contributed by atoms with van der Waals surface area (Å²) in [5, 5.41) is 0.315. The van der Waals surface area contributed by atoms with Crippen LogP contribution in [-0.2, 0) is 9.47 Å². The Balaban J connectivity index is 1.61. The predicted octanol–water partition coefficient (Wildman–Crippen LogP) is 3.49. The summed E-state index contributed by atoms with van der Waals surface area (Å²) in [5.41, 5.74) is 0.242. The van der Waals surface area contributed by atoms with E-state index in [4.69, 9.17) is 21.1 Å². The number of ether oxygens (including phenoxy) is 2. The molecule has 1 saturated heterocycles. The van der Waals surface area contributed by atoms with Gasteiger partial charge in [-0.15, -0.1) is 11.6 Å². The average Bonchev–Trinajstić information content (AvgIpc) is 2.90. The largest absolute Gasteiger partial charge is 0.353 e. The molecule has 0 amide bonds. The van der Waals surface area contributed by atoms with E-state index in [9.17, 15) is 0 Å². The van der Waals surface area contributed by atoms with Gasteiger partial charge >= 0.3 is 0 Å². The molecule has 1 saturated carbocycles. The monoisotopic (exact) mass is 256 g/mol. The number of halogens is 1. The van der Waals surface area contributed by atoms with E-state index in [1.165, 1.54) is 19.3 Å². The molecule has 17 heavy (non-hydrogen) atoms. The van der Waals surface area contributed by atoms with Gasteiger partial charge in [0, 0.05) is 10.8 Å². The van der Waals surface area contributed by atoms with Crippen molar-refractivity contribution in [1.82, 2.24) is 0 Å². The summed E-state index contributed by atoms with van der Waals surface area (Å²) in [6, 6.07) is 0. The number of rotatable bonds is 3. The third kappa shape index (κ3) is 2.16. The molecule has 0 N–H and O–H groups in total. The molecule has 0 aromatic carbocycles. The zero-order valence-electron chi connectivity index (χ0n) is 10.2. The summed E-state index contributed by atoms with van der Waals surface area (Å²) >= 11 is 6.55. The van der Waals surface area contributed by atoms with Crippen LogP contribution in [0.3, 0.4) is 0 Å². The minimum Gasteiger partial charge on any atom is -0.353 e. The average molecular weight is 257 g/mol. The number of fused-ring (bicyclic) bond motifs is 1. The van der Waals surface area contributed by atoms with Crippen molar-refractivity contribution in [3.63, 3.8) is 0 Å². The van der Waals surface area contributed by atoms with Crippen LogP contribution in [0.25, 0.3) is 0 Å². The summed E-state index contributed by atoms with van der Waals surface area (Å²) < 4.78 is 11.3. The van der Waals surface area contributed by atoms with E-state index in [1.807, 2.05) is 0 Å². The minimum absolute atomic E-state index is 0.0113. The third-order valence-electron chi connectivity index (χ3n) is 4.67. The molecule has 2 fully saturated rings. The third-order valence-corrected chi connectivity index (χ3v) is 5.29. The molecule has 96 valence electrons. The van der Waals surface area contributed by atoms with Crippen molar-refractivity contribution < 1.29 is 9.47 Å². The maximum Gasteiger partial charge on any atom is 0.157 e. The Morgan fingerprint density at radius 1 is 1.24 bits per heavy atom. The van der Waals surface area contributed by atoms with Gasteiger partial charge in [-0.2, -0.15) is 0 Å². The van der Waals surface area contributed by atoms with E-state index in [0.717, 1.165) is 38.4 Å². The van der Waals surface area contributed by atoms with E-state index in [-0.39, 0.29) is 11.7 Å². The molecule has 3 heteroatoms. The van der Waals surface area contributed by atoms with E-state index < -0.39 is 0 Å². The van der Waals surface area contributed by atoms with Crippen LogP contribution in [0.5, 0.6) is 0 Å². The highest BCUT2D eigenvalue weighted by molar-refractivity contribution is 6.21. The van der Waals surface area contributed by atoms with Crippen LogP contribution in [0.2, 0.25) is 0 Å². The topological polar surface area (TPSA) is 18.5 Å². The molecule has 0 bridgehead atoms. The molecule has 1 heterocycles. The Kier molecular flexibility index (Phi) is 3.47. The fourth-order valence-corrected chi connectivity index (χ4v) is 4.17. The standard InChI is InChI=1S/C14H21ClO2/c15-12-5-4-11-3-1-7-14(11,12)8-6-13-16-9-2-10-17-13/h1,7,11-13H,2-6,8-10H2/t11-,12-,14+/m0/s1. The molecule has 2 aliphatic carbocycles. The first-order chi connectivity index (χ1) is 8.31. The number of hydrogen-bond acceptors (Lipinski definition) is 2. The van der Waals surface area contributed by atoms with Gasteiger partial charge in [0.1, 0.15) is 0 Å². The second-order valence-electron chi connectivity index (χ2n) is 5.56. The lowest BCUT2D eigenvalue weighted by Gasteiger charge is -2.33. The summed E-state index contributed by atoms with van der Waals surface area (Å²) in [5.74, 6) is 0.772. The first-order valence-electron chi connectivity index (χ1n) is 6.86. The zero-order valence-corrected chi connectivity index (χ0v) is 11.0. The zero-order chi connectivity index (χ0) is 11.7. The van der Waals surface area contributed by atoms with Gasteiger partial charge in [0.05, 0.1) is 13.2 Å². The molecule has 0 aromatic rings. The van der Waals surface area contributed by atoms with Crippen molar-refractivity contribution in [1.29, 1.82) is 0 Å². The van der Waals surface area contributed by atoms with Crippen molar-refractivity contribution >= 4 is 11.6 Å². The van der Waals surface area contributed by atoms with Crippen molar-refractivity contribution in [3.05, 3.63) is 12.2 Å². The van der Waals surface area contributed by atoms with Crippen LogP contribution < -0.4 is 0 Å². The summed E-state index contributed by atoms with van der Waals surface area (Å²) in [7, 11) is 0. The molecule has 0 unspecified atom stereocenters. The molecule has 3 atom stereocenters. The van der Waals surface area contributed by atoms with Crippen molar-refractivity contribution in [2.75, 3.05) is 13.2 Å². The Labute approximate surface area is 108 Å². The maximum absolute atomic E-state index is 6.55. The van der Waals surface area contributed by atoms with Gasteiger partial charge in [-0.3, -0.25) is 0 Å². The molecular weight excluding hydrogens is 236 g/mol. The summed E-state index contributed by atoms with van der Waals surface area (Å²) in [6.45, 7) is 1.70. The van der Waals surface area contributed by atoms with Gasteiger partial charge in [0.25, 0.3) is 0 Å². The SMILES string of the molecule is Cl[C@H]1CC[C@@H]2CC=C[C@@]21CCC1OCCCO1. The Morgan fingerprint density at radius 2 is 2.06 bits per heavy atom. The fraction of sp³-hybridized carbons (Fsp3) is 0.857. The van der Waals surface area contributed by atoms with Crippen LogP contribution >= 0.6 is 11.6 Å². The quantitative estimate of drug-likeness (QED) is 0.568. The van der Waals surface area contributed by atoms with Crippen molar-refractivity contribution in [2.45, 2.75) is 50.2 Å². The molecule has 0 aromatic heterocycles. The molecular formula is C14H21ClO2. The van der Waals surface area contributed by atoms with Crippen LogP contribution in [0.15, 0.2) is 12.2 Å². The van der Waals surface area contributed by atoms with Gasteiger partial charge in [-0.1, -0.05) is 12.2 Å². The lowest BCUT2D eigenvalue weighted by atomic mass is 9.76. The first kappa shape index (κ1) is 12.0. The van der Waals surface area contributed by atoms with Gasteiger partial charge in [0.15, 0.2) is 6.29 Å². The van der Waals surface area contributed by atoms with Gasteiger partial charge < -0.3 is 9.47 Å². The highest BCUT2D eigenvalue weighted by Gasteiger charge is 2.49. The second kappa shape index (κ2) is 4.91. The number of alkyl halides is 1. The predicted molar refractivity (Wildman–Crippen MR) is 68.1 cm³/mol. The van der Waals surface area contributed by atoms with Gasteiger partial charge in [-0.05, 0) is 44.4 Å². The van der Waals surface area contributed by atoms with Crippen molar-refractivity contribution in [2.24, 2.45) is 11.3 Å². The van der Waals surface area contributed by atoms with E-state index >= 15 is 0 Å². The lowest BCUT2D eigenvalue weighted by molar-refractivity contribution is -0.183. The van der Waals surface area contributed by atoms with E-state index in [2.05, 4.69) is 12.2 Å². The molecule has 0 spiro atoms. The highest BCUT2D eigenvalue weighted by Crippen LogP contribution is 2.55. The Hall–Kier alpha value is -0.0500. The van der Waals surface area contributed by atoms with Crippen LogP contribution in [0.4, 0.5) is 0 Å². The van der Waals surface area contributed by atoms with E-state index in [1.54, 1.807) is 0 Å². The smallest absolute Gasteiger partial charge is 0.157 e. The van der Waals surface area contributed by atoms with Crippen LogP contribution in [0, 0.1) is 11.3 Å². The fourth-order valence-electron chi connectivity index (χ4n) is 3.69. The molecule has 3 aliphatic rings. The minimum atomic E-state index is 0.0113. The number of allylic oxidation sites excluding steroid dienone is 2. The van der Waals surface area contributed by atoms with Crippen molar-refractivity contribution in [3.8, 4) is 0 Å². The number of hydrogen-bond donors (Lipinski definition) is 0. The molecule has 1 aliphatic heterocycles. The lowest BCUT2D eigenvalue weighted by Crippen LogP contribution is -2.32. The van der Waals surface area contributed by atoms with Crippen LogP contribution in [0.1, 0.15) is 38.5 Å². The first-order valence-corrected chi connectivity index (χ1v) is 7.30. The highest BCUT2D eigenvalue weighted by atomic mass is 35.5. The summed E-state index contributed by atoms with van der Waals surface area (Å²) in [6.07, 6.45) is 11.5. The second-order valence-corrected chi connectivity index (χ2v) is 6.08. The summed E-state index contributed by atoms with van der Waals surface area (Å²) in [4.78, 5) is 0.